The summed E-state index contributed by atoms with van der Waals surface area (Å²) >= 11 is 0. The van der Waals surface area contributed by atoms with Crippen molar-refractivity contribution in [3.8, 4) is 11.5 Å². The van der Waals surface area contributed by atoms with E-state index in [9.17, 15) is 17.6 Å². The van der Waals surface area contributed by atoms with Crippen molar-refractivity contribution in [2.75, 3.05) is 13.3 Å². The Balaban J connectivity index is 1.57. The number of sulfone groups is 1. The Morgan fingerprint density at radius 1 is 1.07 bits per heavy atom. The molecule has 1 N–H and O–H groups in total. The van der Waals surface area contributed by atoms with Gasteiger partial charge in [-0.2, -0.15) is 0 Å². The molecule has 1 aromatic heterocycles. The Morgan fingerprint density at radius 3 is 2.55 bits per heavy atom. The van der Waals surface area contributed by atoms with Crippen molar-refractivity contribution in [2.24, 2.45) is 0 Å². The Kier molecular flexibility index (Phi) is 4.98. The van der Waals surface area contributed by atoms with E-state index in [1.165, 1.54) is 30.5 Å². The number of halogens is 1. The molecule has 2 heterocycles. The summed E-state index contributed by atoms with van der Waals surface area (Å²) in [6.45, 7) is -0.155. The van der Waals surface area contributed by atoms with E-state index in [-0.39, 0.29) is 24.0 Å². The lowest BCUT2D eigenvalue weighted by Gasteiger charge is -2.17. The number of ether oxygens (including phenoxy) is 2. The van der Waals surface area contributed by atoms with Gasteiger partial charge in [0.2, 0.25) is 6.79 Å². The lowest BCUT2D eigenvalue weighted by atomic mass is 10.2. The first-order chi connectivity index (χ1) is 13.9. The van der Waals surface area contributed by atoms with Crippen LogP contribution in [0.4, 0.5) is 4.39 Å². The van der Waals surface area contributed by atoms with Crippen LogP contribution >= 0.6 is 0 Å². The second-order valence-electron chi connectivity index (χ2n) is 6.28. The maximum Gasteiger partial charge on any atom is 0.251 e. The maximum absolute atomic E-state index is 13.2. The first-order valence-corrected chi connectivity index (χ1v) is 10.2. The third kappa shape index (κ3) is 3.81. The molecule has 1 amide bonds. The average molecular weight is 417 g/mol. The highest BCUT2D eigenvalue weighted by Crippen LogP contribution is 2.33. The van der Waals surface area contributed by atoms with Crippen molar-refractivity contribution in [3.63, 3.8) is 0 Å². The molecule has 3 aromatic rings. The van der Waals surface area contributed by atoms with E-state index in [0.29, 0.717) is 17.1 Å². The van der Waals surface area contributed by atoms with Gasteiger partial charge in [0.05, 0.1) is 11.2 Å². The third-order valence-electron chi connectivity index (χ3n) is 4.46. The standard InChI is InChI=1S/C20H16FNO6S/c21-14-4-6-15(7-5-14)29(24,25)19(17-2-1-9-26-17)11-22-20(23)13-3-8-16-18(10-13)28-12-27-16/h1-10,19H,11-12H2,(H,22,23)/t19-/m0/s1. The molecule has 1 aliphatic heterocycles. The van der Waals surface area contributed by atoms with Crippen LogP contribution in [0.1, 0.15) is 21.4 Å². The molecule has 1 aliphatic rings. The number of fused-ring (bicyclic) bond motifs is 1. The van der Waals surface area contributed by atoms with Crippen LogP contribution in [0.5, 0.6) is 11.5 Å². The third-order valence-corrected chi connectivity index (χ3v) is 6.54. The van der Waals surface area contributed by atoms with E-state index in [2.05, 4.69) is 5.32 Å². The molecule has 4 rings (SSSR count). The summed E-state index contributed by atoms with van der Waals surface area (Å²) in [6.07, 6.45) is 1.35. The van der Waals surface area contributed by atoms with Crippen molar-refractivity contribution >= 4 is 15.7 Å². The highest BCUT2D eigenvalue weighted by molar-refractivity contribution is 7.91. The largest absolute Gasteiger partial charge is 0.468 e. The van der Waals surface area contributed by atoms with Crippen LogP contribution < -0.4 is 14.8 Å². The predicted molar refractivity (Wildman–Crippen MR) is 99.9 cm³/mol. The van der Waals surface area contributed by atoms with Crippen LogP contribution in [0.2, 0.25) is 0 Å². The minimum Gasteiger partial charge on any atom is -0.468 e. The molecule has 29 heavy (non-hydrogen) atoms. The summed E-state index contributed by atoms with van der Waals surface area (Å²) in [7, 11) is -3.95. The topological polar surface area (TPSA) is 94.8 Å². The quantitative estimate of drug-likeness (QED) is 0.620. The zero-order valence-corrected chi connectivity index (χ0v) is 15.8. The lowest BCUT2D eigenvalue weighted by Crippen LogP contribution is -2.31. The zero-order valence-electron chi connectivity index (χ0n) is 15.0. The van der Waals surface area contributed by atoms with E-state index in [1.807, 2.05) is 0 Å². The van der Waals surface area contributed by atoms with Gasteiger partial charge < -0.3 is 19.2 Å². The van der Waals surface area contributed by atoms with Gasteiger partial charge in [0.1, 0.15) is 16.8 Å². The Labute approximate surface area is 166 Å². The first kappa shape index (κ1) is 19.0. The van der Waals surface area contributed by atoms with Gasteiger partial charge >= 0.3 is 0 Å². The molecule has 0 bridgehead atoms. The fourth-order valence-corrected chi connectivity index (χ4v) is 4.54. The maximum atomic E-state index is 13.2. The molecule has 0 saturated heterocycles. The van der Waals surface area contributed by atoms with Crippen LogP contribution in [-0.2, 0) is 9.84 Å². The normalized spacial score (nSPS) is 13.8. The number of benzene rings is 2. The van der Waals surface area contributed by atoms with E-state index in [1.54, 1.807) is 18.2 Å². The summed E-state index contributed by atoms with van der Waals surface area (Å²) in [5, 5.41) is 1.44. The monoisotopic (exact) mass is 417 g/mol. The second kappa shape index (κ2) is 7.59. The zero-order chi connectivity index (χ0) is 20.4. The van der Waals surface area contributed by atoms with E-state index < -0.39 is 26.8 Å². The van der Waals surface area contributed by atoms with Gasteiger partial charge in [0, 0.05) is 12.1 Å². The Morgan fingerprint density at radius 2 is 1.83 bits per heavy atom. The molecule has 0 fully saturated rings. The minimum absolute atomic E-state index is 0.0716. The van der Waals surface area contributed by atoms with E-state index in [0.717, 1.165) is 12.1 Å². The van der Waals surface area contributed by atoms with E-state index >= 15 is 0 Å². The van der Waals surface area contributed by atoms with Gasteiger partial charge in [-0.25, -0.2) is 12.8 Å². The Bertz CT molecular complexity index is 1130. The number of nitrogens with one attached hydrogen (secondary N) is 1. The number of carbonyl (C=O) groups is 1. The van der Waals surface area contributed by atoms with Crippen molar-refractivity contribution in [1.29, 1.82) is 0 Å². The lowest BCUT2D eigenvalue weighted by molar-refractivity contribution is 0.0952. The first-order valence-electron chi connectivity index (χ1n) is 8.66. The van der Waals surface area contributed by atoms with Crippen molar-refractivity contribution in [1.82, 2.24) is 5.32 Å². The summed E-state index contributed by atoms with van der Waals surface area (Å²) in [5.41, 5.74) is 0.298. The summed E-state index contributed by atoms with van der Waals surface area (Å²) < 4.78 is 55.1. The van der Waals surface area contributed by atoms with Gasteiger partial charge in [0.25, 0.3) is 5.91 Å². The molecule has 9 heteroatoms. The van der Waals surface area contributed by atoms with Crippen LogP contribution in [0, 0.1) is 5.82 Å². The van der Waals surface area contributed by atoms with Crippen LogP contribution in [0.25, 0.3) is 0 Å². The van der Waals surface area contributed by atoms with Gasteiger partial charge in [-0.3, -0.25) is 4.79 Å². The molecule has 0 spiro atoms. The molecular weight excluding hydrogens is 401 g/mol. The summed E-state index contributed by atoms with van der Waals surface area (Å²) in [5.74, 6) is 0.122. The van der Waals surface area contributed by atoms with Crippen molar-refractivity contribution in [2.45, 2.75) is 10.1 Å². The summed E-state index contributed by atoms with van der Waals surface area (Å²) in [6, 6.07) is 12.2. The molecule has 0 unspecified atom stereocenters. The number of carbonyl (C=O) groups excluding carboxylic acids is 1. The van der Waals surface area contributed by atoms with Crippen molar-refractivity contribution in [3.05, 3.63) is 78.0 Å². The molecule has 2 aromatic carbocycles. The average Bonchev–Trinajstić information content (AvgIpc) is 3.39. The smallest absolute Gasteiger partial charge is 0.251 e. The van der Waals surface area contributed by atoms with Gasteiger partial charge in [-0.1, -0.05) is 0 Å². The van der Waals surface area contributed by atoms with Gasteiger partial charge in [-0.05, 0) is 54.6 Å². The molecule has 0 saturated carbocycles. The minimum atomic E-state index is -3.95. The van der Waals surface area contributed by atoms with E-state index in [4.69, 9.17) is 13.9 Å². The summed E-state index contributed by atoms with van der Waals surface area (Å²) in [4.78, 5) is 12.5. The second-order valence-corrected chi connectivity index (χ2v) is 8.41. The number of rotatable bonds is 6. The molecule has 0 radical (unpaired) electrons. The van der Waals surface area contributed by atoms with Gasteiger partial charge in [-0.15, -0.1) is 0 Å². The fraction of sp³-hybridized carbons (Fsp3) is 0.150. The number of hydrogen-bond donors (Lipinski definition) is 1. The van der Waals surface area contributed by atoms with Crippen LogP contribution in [0.3, 0.4) is 0 Å². The number of furan rings is 1. The molecule has 1 atom stereocenters. The fourth-order valence-electron chi connectivity index (χ4n) is 2.95. The Hall–Kier alpha value is -3.33. The predicted octanol–water partition coefficient (Wildman–Crippen LogP) is 3.09. The highest BCUT2D eigenvalue weighted by atomic mass is 32.2. The number of hydrogen-bond acceptors (Lipinski definition) is 6. The van der Waals surface area contributed by atoms with Crippen LogP contribution in [-0.4, -0.2) is 27.7 Å². The highest BCUT2D eigenvalue weighted by Gasteiger charge is 2.32. The molecule has 0 aliphatic carbocycles. The molecular formula is C20H16FNO6S. The number of amides is 1. The SMILES string of the molecule is O=C(NC[C@@H](c1ccco1)S(=O)(=O)c1ccc(F)cc1)c1ccc2c(c1)OCO2. The van der Waals surface area contributed by atoms with Crippen molar-refractivity contribution < 1.29 is 31.5 Å². The molecule has 150 valence electrons. The van der Waals surface area contributed by atoms with Gasteiger partial charge in [0.15, 0.2) is 21.3 Å². The van der Waals surface area contributed by atoms with Crippen LogP contribution in [0.15, 0.2) is 70.2 Å². The molecule has 7 nitrogen and oxygen atoms in total.